The molecule has 2 aromatic carbocycles. The number of hydrogen-bond donors (Lipinski definition) is 2. The molecule has 1 aliphatic carbocycles. The van der Waals surface area contributed by atoms with Crippen LogP contribution < -0.4 is 10.6 Å². The Morgan fingerprint density at radius 3 is 2.21 bits per heavy atom. The smallest absolute Gasteiger partial charge is 0.325 e. The molecule has 0 aromatic heterocycles. The van der Waals surface area contributed by atoms with Gasteiger partial charge >= 0.3 is 5.97 Å². The van der Waals surface area contributed by atoms with Gasteiger partial charge in [0.1, 0.15) is 6.54 Å². The third-order valence-corrected chi connectivity index (χ3v) is 6.15. The number of imide groups is 1. The molecule has 0 saturated heterocycles. The Balaban J connectivity index is 1.42. The van der Waals surface area contributed by atoms with Gasteiger partial charge in [0.15, 0.2) is 0 Å². The van der Waals surface area contributed by atoms with Crippen LogP contribution in [0.25, 0.3) is 0 Å². The molecule has 4 rings (SSSR count). The van der Waals surface area contributed by atoms with Crippen LogP contribution in [-0.2, 0) is 9.53 Å². The molecule has 1 fully saturated rings. The number of hydrogen-bond acceptors (Lipinski definition) is 6. The molecule has 9 heteroatoms. The van der Waals surface area contributed by atoms with Gasteiger partial charge in [-0.15, -0.1) is 0 Å². The molecule has 1 saturated carbocycles. The average molecular weight is 463 g/mol. The number of rotatable bonds is 6. The van der Waals surface area contributed by atoms with E-state index in [0.29, 0.717) is 16.8 Å². The lowest BCUT2D eigenvalue weighted by Gasteiger charge is -2.29. The number of benzene rings is 2. The first kappa shape index (κ1) is 23.2. The summed E-state index contributed by atoms with van der Waals surface area (Å²) in [5.41, 5.74) is 1.59. The van der Waals surface area contributed by atoms with E-state index in [1.807, 2.05) is 0 Å². The average Bonchev–Trinajstić information content (AvgIpc) is 3.12. The predicted molar refractivity (Wildman–Crippen MR) is 123 cm³/mol. The third kappa shape index (κ3) is 4.68. The Morgan fingerprint density at radius 2 is 1.53 bits per heavy atom. The maximum atomic E-state index is 13.0. The van der Waals surface area contributed by atoms with Crippen molar-refractivity contribution in [1.29, 1.82) is 0 Å². The molecule has 34 heavy (non-hydrogen) atoms. The molecule has 0 radical (unpaired) electrons. The van der Waals surface area contributed by atoms with E-state index in [9.17, 15) is 24.0 Å². The predicted octanol–water partition coefficient (Wildman–Crippen LogP) is 2.77. The standard InChI is InChI=1S/C25H25N3O6/c1-34-21(29)14-26-22(30)15-7-10-17(11-8-15)27-23(31)16-9-12-19-20(13-16)25(33)28(24(19)32)18-5-3-2-4-6-18/h7-13,18H,2-6,14H2,1H3,(H,26,30)(H,27,31). The molecular formula is C25H25N3O6. The summed E-state index contributed by atoms with van der Waals surface area (Å²) in [6, 6.07) is 10.6. The summed E-state index contributed by atoms with van der Waals surface area (Å²) in [4.78, 5) is 63.1. The van der Waals surface area contributed by atoms with Crippen LogP contribution in [0.3, 0.4) is 0 Å². The second-order valence-electron chi connectivity index (χ2n) is 8.32. The van der Waals surface area contributed by atoms with Gasteiger partial charge in [-0.25, -0.2) is 0 Å². The van der Waals surface area contributed by atoms with Gasteiger partial charge in [-0.1, -0.05) is 19.3 Å². The zero-order chi connectivity index (χ0) is 24.2. The summed E-state index contributed by atoms with van der Waals surface area (Å²) >= 11 is 0. The third-order valence-electron chi connectivity index (χ3n) is 6.15. The van der Waals surface area contributed by atoms with E-state index in [1.165, 1.54) is 42.3 Å². The van der Waals surface area contributed by atoms with Crippen molar-refractivity contribution in [2.75, 3.05) is 19.0 Å². The van der Waals surface area contributed by atoms with Gasteiger partial charge in [-0.3, -0.25) is 28.9 Å². The van der Waals surface area contributed by atoms with Crippen molar-refractivity contribution in [2.24, 2.45) is 0 Å². The fourth-order valence-corrected chi connectivity index (χ4v) is 4.31. The first-order valence-corrected chi connectivity index (χ1v) is 11.2. The van der Waals surface area contributed by atoms with E-state index in [0.717, 1.165) is 32.1 Å². The van der Waals surface area contributed by atoms with E-state index in [2.05, 4.69) is 15.4 Å². The molecule has 176 valence electrons. The molecule has 2 N–H and O–H groups in total. The van der Waals surface area contributed by atoms with Crippen LogP contribution >= 0.6 is 0 Å². The van der Waals surface area contributed by atoms with Crippen LogP contribution in [0.15, 0.2) is 42.5 Å². The minimum atomic E-state index is -0.561. The molecule has 2 aliphatic rings. The van der Waals surface area contributed by atoms with Crippen molar-refractivity contribution in [3.8, 4) is 0 Å². The summed E-state index contributed by atoms with van der Waals surface area (Å²) in [5, 5.41) is 5.15. The molecule has 0 spiro atoms. The second-order valence-corrected chi connectivity index (χ2v) is 8.32. The van der Waals surface area contributed by atoms with Crippen LogP contribution in [0.1, 0.15) is 73.5 Å². The second kappa shape index (κ2) is 9.86. The number of nitrogens with zero attached hydrogens (tertiary/aromatic N) is 1. The van der Waals surface area contributed by atoms with E-state index in [-0.39, 0.29) is 35.5 Å². The van der Waals surface area contributed by atoms with E-state index in [4.69, 9.17) is 0 Å². The molecule has 4 amide bonds. The summed E-state index contributed by atoms with van der Waals surface area (Å²) in [5.74, 6) is -2.09. The number of carbonyl (C=O) groups excluding carboxylic acids is 5. The highest BCUT2D eigenvalue weighted by Gasteiger charge is 2.40. The van der Waals surface area contributed by atoms with Crippen molar-refractivity contribution in [3.05, 3.63) is 64.7 Å². The first-order chi connectivity index (χ1) is 16.4. The van der Waals surface area contributed by atoms with Gasteiger partial charge in [-0.2, -0.15) is 0 Å². The molecule has 2 aromatic rings. The number of anilines is 1. The Morgan fingerprint density at radius 1 is 0.882 bits per heavy atom. The number of methoxy groups -OCH3 is 1. The largest absolute Gasteiger partial charge is 0.468 e. The highest BCUT2D eigenvalue weighted by atomic mass is 16.5. The van der Waals surface area contributed by atoms with E-state index >= 15 is 0 Å². The Labute approximate surface area is 196 Å². The van der Waals surface area contributed by atoms with Crippen molar-refractivity contribution >= 4 is 35.3 Å². The highest BCUT2D eigenvalue weighted by molar-refractivity contribution is 6.22. The van der Waals surface area contributed by atoms with Crippen molar-refractivity contribution in [2.45, 2.75) is 38.1 Å². The van der Waals surface area contributed by atoms with Gasteiger partial charge in [0, 0.05) is 22.9 Å². The molecule has 0 unspecified atom stereocenters. The van der Waals surface area contributed by atoms with Crippen LogP contribution in [-0.4, -0.2) is 54.2 Å². The zero-order valence-corrected chi connectivity index (χ0v) is 18.8. The lowest BCUT2D eigenvalue weighted by Crippen LogP contribution is -2.40. The number of fused-ring (bicyclic) bond motifs is 1. The molecular weight excluding hydrogens is 438 g/mol. The van der Waals surface area contributed by atoms with Crippen LogP contribution in [0.4, 0.5) is 5.69 Å². The summed E-state index contributed by atoms with van der Waals surface area (Å²) < 4.78 is 4.47. The van der Waals surface area contributed by atoms with Crippen LogP contribution in [0, 0.1) is 0 Å². The van der Waals surface area contributed by atoms with Crippen LogP contribution in [0.2, 0.25) is 0 Å². The van der Waals surface area contributed by atoms with E-state index in [1.54, 1.807) is 12.1 Å². The monoisotopic (exact) mass is 463 g/mol. The topological polar surface area (TPSA) is 122 Å². The Kier molecular flexibility index (Phi) is 6.72. The maximum absolute atomic E-state index is 13.0. The first-order valence-electron chi connectivity index (χ1n) is 11.2. The normalized spacial score (nSPS) is 15.6. The van der Waals surface area contributed by atoms with Gasteiger partial charge in [0.25, 0.3) is 23.6 Å². The Hall–Kier alpha value is -4.01. The summed E-state index contributed by atoms with van der Waals surface area (Å²) in [6.07, 6.45) is 4.74. The number of ether oxygens (including phenoxy) is 1. The minimum Gasteiger partial charge on any atom is -0.468 e. The fraction of sp³-hybridized carbons (Fsp3) is 0.320. The quantitative estimate of drug-likeness (QED) is 0.502. The van der Waals surface area contributed by atoms with Gasteiger partial charge in [0.2, 0.25) is 0 Å². The number of amides is 4. The van der Waals surface area contributed by atoms with Crippen LogP contribution in [0.5, 0.6) is 0 Å². The molecule has 0 atom stereocenters. The van der Waals surface area contributed by atoms with Gasteiger partial charge < -0.3 is 15.4 Å². The molecule has 9 nitrogen and oxygen atoms in total. The molecule has 1 heterocycles. The van der Waals surface area contributed by atoms with Gasteiger partial charge in [0.05, 0.1) is 18.2 Å². The van der Waals surface area contributed by atoms with Crippen molar-refractivity contribution < 1.29 is 28.7 Å². The fourth-order valence-electron chi connectivity index (χ4n) is 4.31. The lowest BCUT2D eigenvalue weighted by molar-refractivity contribution is -0.139. The van der Waals surface area contributed by atoms with E-state index < -0.39 is 17.8 Å². The molecule has 1 aliphatic heterocycles. The number of carbonyl (C=O) groups is 5. The molecule has 0 bridgehead atoms. The lowest BCUT2D eigenvalue weighted by atomic mass is 9.94. The number of esters is 1. The highest BCUT2D eigenvalue weighted by Crippen LogP contribution is 2.31. The van der Waals surface area contributed by atoms with Crippen molar-refractivity contribution in [1.82, 2.24) is 10.2 Å². The van der Waals surface area contributed by atoms with Crippen molar-refractivity contribution in [3.63, 3.8) is 0 Å². The Bertz CT molecular complexity index is 1150. The SMILES string of the molecule is COC(=O)CNC(=O)c1ccc(NC(=O)c2ccc3c(c2)C(=O)N(C2CCCCC2)C3=O)cc1. The summed E-state index contributed by atoms with van der Waals surface area (Å²) in [6.45, 7) is -0.244. The minimum absolute atomic E-state index is 0.0817. The summed E-state index contributed by atoms with van der Waals surface area (Å²) in [7, 11) is 1.23. The zero-order valence-electron chi connectivity index (χ0n) is 18.8. The van der Waals surface area contributed by atoms with Gasteiger partial charge in [-0.05, 0) is 55.3 Å². The number of nitrogens with one attached hydrogen (secondary N) is 2. The maximum Gasteiger partial charge on any atom is 0.325 e.